The first kappa shape index (κ1) is 13.3. The number of nitrogens with zero attached hydrogens (tertiary/aromatic N) is 2. The summed E-state index contributed by atoms with van der Waals surface area (Å²) in [6.07, 6.45) is -2.85. The van der Waals surface area contributed by atoms with Crippen LogP contribution in [0.3, 0.4) is 0 Å². The smallest absolute Gasteiger partial charge is 0.397 e. The normalized spacial score (nSPS) is 14.6. The van der Waals surface area contributed by atoms with Crippen LogP contribution in [0.1, 0.15) is 23.4 Å². The van der Waals surface area contributed by atoms with Crippen molar-refractivity contribution in [2.75, 3.05) is 5.73 Å². The number of nitrogens with two attached hydrogens (primary N) is 1. The van der Waals surface area contributed by atoms with Crippen molar-refractivity contribution >= 4 is 17.3 Å². The lowest BCUT2D eigenvalue weighted by Gasteiger charge is -2.10. The highest BCUT2D eigenvalue weighted by Crippen LogP contribution is 2.39. The second kappa shape index (κ2) is 4.41. The number of rotatable bonds is 1. The third-order valence-electron chi connectivity index (χ3n) is 3.43. The summed E-state index contributed by atoms with van der Waals surface area (Å²) in [5, 5.41) is 4.01. The van der Waals surface area contributed by atoms with Crippen LogP contribution in [0.2, 0.25) is 5.02 Å². The van der Waals surface area contributed by atoms with Gasteiger partial charge >= 0.3 is 6.18 Å². The number of benzene rings is 1. The van der Waals surface area contributed by atoms with Gasteiger partial charge in [-0.3, -0.25) is 0 Å². The summed E-state index contributed by atoms with van der Waals surface area (Å²) in [7, 11) is 0. The molecule has 0 amide bonds. The van der Waals surface area contributed by atoms with Gasteiger partial charge in [0.2, 0.25) is 0 Å². The van der Waals surface area contributed by atoms with Crippen LogP contribution in [0.5, 0.6) is 0 Å². The Morgan fingerprint density at radius 2 is 2.00 bits per heavy atom. The molecule has 1 aliphatic carbocycles. The van der Waals surface area contributed by atoms with E-state index in [2.05, 4.69) is 5.10 Å². The molecule has 0 atom stereocenters. The average Bonchev–Trinajstić information content (AvgIpc) is 2.90. The van der Waals surface area contributed by atoms with Crippen LogP contribution < -0.4 is 5.73 Å². The van der Waals surface area contributed by atoms with E-state index in [9.17, 15) is 13.2 Å². The fourth-order valence-electron chi connectivity index (χ4n) is 2.61. The molecule has 20 heavy (non-hydrogen) atoms. The van der Waals surface area contributed by atoms with Gasteiger partial charge in [-0.25, -0.2) is 4.68 Å². The molecule has 0 spiro atoms. The fourth-order valence-corrected chi connectivity index (χ4v) is 2.87. The molecule has 1 aliphatic rings. The van der Waals surface area contributed by atoms with Crippen molar-refractivity contribution in [3.05, 3.63) is 40.2 Å². The van der Waals surface area contributed by atoms with E-state index >= 15 is 0 Å². The van der Waals surface area contributed by atoms with Crippen molar-refractivity contribution < 1.29 is 13.2 Å². The van der Waals surface area contributed by atoms with Crippen LogP contribution in [0.15, 0.2) is 18.2 Å². The molecule has 2 N–H and O–H groups in total. The van der Waals surface area contributed by atoms with Crippen LogP contribution >= 0.6 is 11.6 Å². The molecule has 1 heterocycles. The Labute approximate surface area is 118 Å². The van der Waals surface area contributed by atoms with Crippen molar-refractivity contribution in [3.63, 3.8) is 0 Å². The monoisotopic (exact) mass is 301 g/mol. The molecule has 7 heteroatoms. The summed E-state index contributed by atoms with van der Waals surface area (Å²) in [4.78, 5) is 0. The van der Waals surface area contributed by atoms with Gasteiger partial charge in [0.1, 0.15) is 5.69 Å². The first-order valence-corrected chi connectivity index (χ1v) is 6.49. The first-order valence-electron chi connectivity index (χ1n) is 6.12. The van der Waals surface area contributed by atoms with E-state index in [0.29, 0.717) is 36.3 Å². The summed E-state index contributed by atoms with van der Waals surface area (Å²) in [6.45, 7) is 0. The Balaban J connectivity index is 2.26. The summed E-state index contributed by atoms with van der Waals surface area (Å²) >= 11 is 6.07. The number of hydrogen-bond donors (Lipinski definition) is 1. The molecule has 0 radical (unpaired) electrons. The molecule has 0 aliphatic heterocycles. The number of hydrogen-bond acceptors (Lipinski definition) is 2. The van der Waals surface area contributed by atoms with Gasteiger partial charge in [-0.05, 0) is 31.4 Å². The lowest BCUT2D eigenvalue weighted by Crippen LogP contribution is -2.10. The zero-order valence-electron chi connectivity index (χ0n) is 10.3. The highest BCUT2D eigenvalue weighted by Gasteiger charge is 2.40. The zero-order valence-corrected chi connectivity index (χ0v) is 11.1. The largest absolute Gasteiger partial charge is 0.435 e. The number of fused-ring (bicyclic) bond motifs is 1. The molecule has 0 fully saturated rings. The van der Waals surface area contributed by atoms with Crippen LogP contribution in [-0.2, 0) is 19.0 Å². The third kappa shape index (κ3) is 1.95. The van der Waals surface area contributed by atoms with E-state index in [0.717, 1.165) is 0 Å². The van der Waals surface area contributed by atoms with E-state index < -0.39 is 11.9 Å². The summed E-state index contributed by atoms with van der Waals surface area (Å²) in [6, 6.07) is 4.83. The maximum Gasteiger partial charge on any atom is 0.435 e. The maximum atomic E-state index is 13.0. The minimum Gasteiger partial charge on any atom is -0.397 e. The molecule has 1 aromatic carbocycles. The molecular formula is C13H11ClF3N3. The molecule has 3 nitrogen and oxygen atoms in total. The summed E-state index contributed by atoms with van der Waals surface area (Å²) in [5.41, 5.74) is 6.45. The number of halogens is 4. The predicted octanol–water partition coefficient (Wildman–Crippen LogP) is 3.62. The van der Waals surface area contributed by atoms with Gasteiger partial charge in [-0.2, -0.15) is 18.3 Å². The van der Waals surface area contributed by atoms with Gasteiger partial charge in [-0.1, -0.05) is 17.7 Å². The van der Waals surface area contributed by atoms with Crippen molar-refractivity contribution in [2.24, 2.45) is 0 Å². The third-order valence-corrected chi connectivity index (χ3v) is 3.73. The van der Waals surface area contributed by atoms with E-state index in [1.807, 2.05) is 0 Å². The molecule has 2 aromatic rings. The number of anilines is 1. The molecule has 106 valence electrons. The van der Waals surface area contributed by atoms with E-state index in [1.54, 1.807) is 18.2 Å². The lowest BCUT2D eigenvalue weighted by atomic mass is 10.2. The van der Waals surface area contributed by atoms with Gasteiger partial charge in [0.15, 0.2) is 5.69 Å². The summed E-state index contributed by atoms with van der Waals surface area (Å²) < 4.78 is 40.4. The predicted molar refractivity (Wildman–Crippen MR) is 70.0 cm³/mol. The lowest BCUT2D eigenvalue weighted by molar-refractivity contribution is -0.141. The number of nitrogen functional groups attached to an aromatic ring is 1. The van der Waals surface area contributed by atoms with Gasteiger partial charge in [0, 0.05) is 11.3 Å². The number of para-hydroxylation sites is 1. The van der Waals surface area contributed by atoms with Crippen molar-refractivity contribution in [1.29, 1.82) is 0 Å². The Morgan fingerprint density at radius 3 is 2.65 bits per heavy atom. The van der Waals surface area contributed by atoms with Gasteiger partial charge < -0.3 is 5.73 Å². The van der Waals surface area contributed by atoms with E-state index in [1.165, 1.54) is 4.68 Å². The fraction of sp³-hybridized carbons (Fsp3) is 0.308. The maximum absolute atomic E-state index is 13.0. The molecule has 3 rings (SSSR count). The topological polar surface area (TPSA) is 43.8 Å². The molecule has 0 unspecified atom stereocenters. The molecular weight excluding hydrogens is 291 g/mol. The number of aromatic nitrogens is 2. The van der Waals surface area contributed by atoms with Crippen molar-refractivity contribution in [1.82, 2.24) is 9.78 Å². The quantitative estimate of drug-likeness (QED) is 0.818. The van der Waals surface area contributed by atoms with Crippen LogP contribution in [0.25, 0.3) is 5.69 Å². The molecule has 1 aromatic heterocycles. The van der Waals surface area contributed by atoms with E-state index in [-0.39, 0.29) is 10.6 Å². The van der Waals surface area contributed by atoms with Crippen LogP contribution in [0, 0.1) is 0 Å². The molecule has 0 bridgehead atoms. The molecule has 0 saturated heterocycles. The minimum absolute atomic E-state index is 0.261. The zero-order chi connectivity index (χ0) is 14.5. The van der Waals surface area contributed by atoms with E-state index in [4.69, 9.17) is 17.3 Å². The SMILES string of the molecule is Nc1cccc(Cl)c1-n1nc(C(F)(F)F)c2c1CCC2. The number of alkyl halides is 3. The second-order valence-corrected chi connectivity index (χ2v) is 5.12. The highest BCUT2D eigenvalue weighted by atomic mass is 35.5. The summed E-state index contributed by atoms with van der Waals surface area (Å²) in [5.74, 6) is 0. The van der Waals surface area contributed by atoms with Gasteiger partial charge in [-0.15, -0.1) is 0 Å². The van der Waals surface area contributed by atoms with Crippen LogP contribution in [0.4, 0.5) is 18.9 Å². The Bertz CT molecular complexity index is 656. The highest BCUT2D eigenvalue weighted by molar-refractivity contribution is 6.32. The van der Waals surface area contributed by atoms with Gasteiger partial charge in [0.25, 0.3) is 0 Å². The Morgan fingerprint density at radius 1 is 1.25 bits per heavy atom. The average molecular weight is 302 g/mol. The Hall–Kier alpha value is -1.69. The van der Waals surface area contributed by atoms with Crippen LogP contribution in [-0.4, -0.2) is 9.78 Å². The first-order chi connectivity index (χ1) is 9.39. The molecule has 0 saturated carbocycles. The minimum atomic E-state index is -4.46. The van der Waals surface area contributed by atoms with Gasteiger partial charge in [0.05, 0.1) is 10.7 Å². The second-order valence-electron chi connectivity index (χ2n) is 4.71. The standard InChI is InChI=1S/C13H11ClF3N3/c14-8-4-2-5-9(18)11(8)20-10-6-1-3-7(10)12(19-20)13(15,16)17/h2,4-5H,1,3,6,18H2. The van der Waals surface area contributed by atoms with Crippen molar-refractivity contribution in [3.8, 4) is 5.69 Å². The van der Waals surface area contributed by atoms with Crippen molar-refractivity contribution in [2.45, 2.75) is 25.4 Å². The Kier molecular flexibility index (Phi) is 2.93.